The van der Waals surface area contributed by atoms with E-state index in [1.807, 2.05) is 93.8 Å². The smallest absolute Gasteiger partial charge is 0.254 e. The number of thiazole rings is 1. The third-order valence-electron chi connectivity index (χ3n) is 15.7. The molecule has 7 heterocycles. The van der Waals surface area contributed by atoms with Crippen LogP contribution >= 0.6 is 11.3 Å². The molecule has 3 aliphatic heterocycles. The number of hydrogen-bond donors (Lipinski definition) is 5. The fourth-order valence-corrected chi connectivity index (χ4v) is 12.3. The van der Waals surface area contributed by atoms with Gasteiger partial charge in [0, 0.05) is 60.4 Å². The highest BCUT2D eigenvalue weighted by atomic mass is 32.1. The molecule has 4 aliphatic rings. The molecule has 18 heteroatoms. The maximum Gasteiger partial charge on any atom is 0.254 e. The van der Waals surface area contributed by atoms with E-state index in [0.29, 0.717) is 59.9 Å². The van der Waals surface area contributed by atoms with Gasteiger partial charge in [-0.15, -0.1) is 21.5 Å². The molecule has 6 aromatic rings. The van der Waals surface area contributed by atoms with E-state index in [1.165, 1.54) is 4.90 Å². The average molecular weight is 1010 g/mol. The Morgan fingerprint density at radius 2 is 1.60 bits per heavy atom. The summed E-state index contributed by atoms with van der Waals surface area (Å²) in [6.45, 7) is 12.6. The van der Waals surface area contributed by atoms with Gasteiger partial charge in [0.05, 0.1) is 40.5 Å². The van der Waals surface area contributed by atoms with Crippen molar-refractivity contribution >= 4 is 46.0 Å². The molecule has 382 valence electrons. The molecule has 4 atom stereocenters. The molecule has 4 aromatic heterocycles. The number of pyridine rings is 1. The van der Waals surface area contributed by atoms with Crippen LogP contribution < -0.4 is 21.1 Å². The molecule has 1 aliphatic carbocycles. The van der Waals surface area contributed by atoms with Crippen molar-refractivity contribution < 1.29 is 24.6 Å². The monoisotopic (exact) mass is 1010 g/mol. The topological polar surface area (TPSA) is 223 Å². The molecule has 0 radical (unpaired) electrons. The highest BCUT2D eigenvalue weighted by molar-refractivity contribution is 7.13. The summed E-state index contributed by atoms with van der Waals surface area (Å²) in [4.78, 5) is 79.5. The summed E-state index contributed by atoms with van der Waals surface area (Å²) in [7, 11) is 0. The zero-order valence-corrected chi connectivity index (χ0v) is 43.0. The van der Waals surface area contributed by atoms with Crippen LogP contribution in [-0.4, -0.2) is 118 Å². The molecule has 0 spiro atoms. The highest BCUT2D eigenvalue weighted by Crippen LogP contribution is 2.36. The molecule has 10 rings (SSSR count). The van der Waals surface area contributed by atoms with Crippen molar-refractivity contribution in [1.82, 2.24) is 50.6 Å². The zero-order chi connectivity index (χ0) is 51.1. The summed E-state index contributed by atoms with van der Waals surface area (Å²) in [5.74, 6) is -0.0140. The summed E-state index contributed by atoms with van der Waals surface area (Å²) in [5, 5.41) is 36.8. The number of aryl methyl sites for hydroxylation is 1. The number of H-pyrrole nitrogens is 1. The number of phenols is 1. The largest absolute Gasteiger partial charge is 0.507 e. The standard InChI is InChI=1S/C55H65N11O6S/c1-31(33-10-12-35(13-11-33)47-32(2)58-30-73-47)59-52(71)45-24-39(67)28-66(45)53(72)48(55(3,4)5)60-50(69)36-14-16-38(17-15-36)64-21-18-34(19-22-64)37-26-56-54(57-27-37)65-23-20-40-42-25-44(41-8-6-7-9-46(41)68)62-63-49(42)61-51(70)43(40)29-65/h6-13,25-27,30-31,34,36,38-39,45,48,67-68H,14-24,28-29H2,1-5H3,(H,59,71)(H,60,69)(H,61,63,70)/t31-,36?,38?,39+,45-,48+/m0/s1. The van der Waals surface area contributed by atoms with Crippen molar-refractivity contribution in [2.24, 2.45) is 11.3 Å². The van der Waals surface area contributed by atoms with Gasteiger partial charge in [-0.05, 0) is 124 Å². The lowest BCUT2D eigenvalue weighted by molar-refractivity contribution is -0.145. The van der Waals surface area contributed by atoms with E-state index < -0.39 is 23.6 Å². The summed E-state index contributed by atoms with van der Waals surface area (Å²) in [5.41, 5.74) is 8.15. The van der Waals surface area contributed by atoms with E-state index in [2.05, 4.69) is 35.7 Å². The first-order chi connectivity index (χ1) is 35.1. The van der Waals surface area contributed by atoms with Crippen LogP contribution in [0.15, 0.2) is 77.3 Å². The number of hydrogen-bond acceptors (Lipinski definition) is 14. The van der Waals surface area contributed by atoms with Crippen LogP contribution in [0, 0.1) is 18.3 Å². The number of nitrogens with zero attached hydrogens (tertiary/aromatic N) is 8. The lowest BCUT2D eigenvalue weighted by atomic mass is 9.81. The maximum absolute atomic E-state index is 14.4. The fraction of sp³-hybridized carbons (Fsp3) is 0.473. The van der Waals surface area contributed by atoms with Crippen LogP contribution in [0.2, 0.25) is 0 Å². The maximum atomic E-state index is 14.4. The fourth-order valence-electron chi connectivity index (χ4n) is 11.4. The number of aromatic nitrogens is 6. The van der Waals surface area contributed by atoms with Crippen molar-refractivity contribution in [3.63, 3.8) is 0 Å². The van der Waals surface area contributed by atoms with Gasteiger partial charge in [0.25, 0.3) is 5.56 Å². The van der Waals surface area contributed by atoms with Crippen molar-refractivity contribution in [3.8, 4) is 27.4 Å². The van der Waals surface area contributed by atoms with Gasteiger partial charge in [-0.1, -0.05) is 57.2 Å². The van der Waals surface area contributed by atoms with E-state index in [-0.39, 0.29) is 54.0 Å². The minimum atomic E-state index is -0.875. The summed E-state index contributed by atoms with van der Waals surface area (Å²) in [6.07, 6.45) is 8.94. The third-order valence-corrected chi connectivity index (χ3v) is 16.7. The molecule has 1 saturated carbocycles. The van der Waals surface area contributed by atoms with Crippen LogP contribution in [0.1, 0.15) is 113 Å². The molecule has 3 fully saturated rings. The average Bonchev–Trinajstić information content (AvgIpc) is 4.02. The number of aliphatic hydroxyl groups excluding tert-OH is 1. The van der Waals surface area contributed by atoms with Gasteiger partial charge in [-0.25, -0.2) is 15.0 Å². The van der Waals surface area contributed by atoms with E-state index >= 15 is 0 Å². The second-order valence-electron chi connectivity index (χ2n) is 21.5. The third kappa shape index (κ3) is 10.5. The van der Waals surface area contributed by atoms with Crippen LogP contribution in [0.25, 0.3) is 32.7 Å². The molecule has 0 bridgehead atoms. The molecule has 2 aromatic carbocycles. The second kappa shape index (κ2) is 20.7. The number of aromatic hydroxyl groups is 1. The van der Waals surface area contributed by atoms with Gasteiger partial charge in [0.15, 0.2) is 5.65 Å². The summed E-state index contributed by atoms with van der Waals surface area (Å²) >= 11 is 1.59. The number of carbonyl (C=O) groups is 3. The number of β-amino-alcohol motifs (C(OH)–C–C–N with tert-alkyl or cyclic N) is 1. The first-order valence-electron chi connectivity index (χ1n) is 25.7. The number of rotatable bonds is 11. The number of fused-ring (bicyclic) bond motifs is 3. The number of benzene rings is 2. The number of likely N-dealkylation sites (tertiary alicyclic amines) is 2. The molecule has 3 amide bonds. The highest BCUT2D eigenvalue weighted by Gasteiger charge is 2.45. The number of piperidine rings is 1. The lowest BCUT2D eigenvalue weighted by Crippen LogP contribution is -2.58. The Morgan fingerprint density at radius 1 is 0.877 bits per heavy atom. The minimum absolute atomic E-state index is 0.0225. The van der Waals surface area contributed by atoms with Crippen molar-refractivity contribution in [1.29, 1.82) is 0 Å². The number of phenolic OH excluding ortho intramolecular Hbond substituents is 1. The molecule has 5 N–H and O–H groups in total. The van der Waals surface area contributed by atoms with Crippen LogP contribution in [0.4, 0.5) is 5.95 Å². The van der Waals surface area contributed by atoms with Gasteiger partial charge >= 0.3 is 0 Å². The van der Waals surface area contributed by atoms with Gasteiger partial charge in [0.2, 0.25) is 23.7 Å². The van der Waals surface area contributed by atoms with Gasteiger partial charge in [0.1, 0.15) is 17.8 Å². The second-order valence-corrected chi connectivity index (χ2v) is 22.4. The number of nitrogens with one attached hydrogen (secondary N) is 3. The Labute approximate surface area is 428 Å². The first kappa shape index (κ1) is 49.9. The summed E-state index contributed by atoms with van der Waals surface area (Å²) in [6, 6.07) is 15.2. The SMILES string of the molecule is Cc1ncsc1-c1ccc([C@H](C)NC(=O)[C@@H]2C[C@@H](O)CN2C(=O)[C@@H](NC(=O)C2CCC(N3CCC(c4cnc(N5CCc6c(c(=O)[nH]c7nnc(-c8ccccc8O)cc67)C5)nc4)CC3)CC2)C(C)(C)C)cc1. The quantitative estimate of drug-likeness (QED) is 0.0927. The Kier molecular flexibility index (Phi) is 14.2. The van der Waals surface area contributed by atoms with Crippen molar-refractivity contribution in [3.05, 3.63) is 111 Å². The van der Waals surface area contributed by atoms with Crippen LogP contribution in [-0.2, 0) is 27.3 Å². The Balaban J connectivity index is 0.701. The van der Waals surface area contributed by atoms with Crippen molar-refractivity contribution in [2.75, 3.05) is 31.1 Å². The van der Waals surface area contributed by atoms with E-state index in [0.717, 1.165) is 89.8 Å². The van der Waals surface area contributed by atoms with Crippen molar-refractivity contribution in [2.45, 2.75) is 129 Å². The van der Waals surface area contributed by atoms with Crippen LogP contribution in [0.3, 0.4) is 0 Å². The predicted molar refractivity (Wildman–Crippen MR) is 280 cm³/mol. The summed E-state index contributed by atoms with van der Waals surface area (Å²) < 4.78 is 0. The van der Waals surface area contributed by atoms with Crippen LogP contribution in [0.5, 0.6) is 5.75 Å². The van der Waals surface area contributed by atoms with E-state index in [1.54, 1.807) is 29.5 Å². The van der Waals surface area contributed by atoms with Gasteiger partial charge in [-0.3, -0.25) is 19.2 Å². The number of aromatic amines is 1. The Morgan fingerprint density at radius 3 is 2.29 bits per heavy atom. The lowest BCUT2D eigenvalue weighted by Gasteiger charge is -2.41. The molecular formula is C55H65N11O6S. The number of amides is 3. The minimum Gasteiger partial charge on any atom is -0.507 e. The van der Waals surface area contributed by atoms with Gasteiger partial charge < -0.3 is 40.5 Å². The molecular weight excluding hydrogens is 943 g/mol. The predicted octanol–water partition coefficient (Wildman–Crippen LogP) is 6.58. The number of carbonyl (C=O) groups excluding carboxylic acids is 3. The molecule has 0 unspecified atom stereocenters. The first-order valence-corrected chi connectivity index (χ1v) is 26.6. The number of para-hydroxylation sites is 1. The molecule has 73 heavy (non-hydrogen) atoms. The van der Waals surface area contributed by atoms with Gasteiger partial charge in [-0.2, -0.15) is 0 Å². The Hall–Kier alpha value is -6.63. The molecule has 2 saturated heterocycles. The molecule has 17 nitrogen and oxygen atoms in total. The zero-order valence-electron chi connectivity index (χ0n) is 42.2. The van der Waals surface area contributed by atoms with E-state index in [4.69, 9.17) is 9.97 Å². The number of anilines is 1. The number of aliphatic hydroxyl groups is 1. The van der Waals surface area contributed by atoms with E-state index in [9.17, 15) is 29.4 Å². The normalized spacial score (nSPS) is 21.7. The Bertz CT molecular complexity index is 3050.